The second kappa shape index (κ2) is 61.9. The molecule has 0 rings (SSSR count). The van der Waals surface area contributed by atoms with Crippen molar-refractivity contribution in [3.05, 3.63) is 0 Å². The Balaban J connectivity index is 5.11. The monoisotopic (exact) mass is 1270 g/mol. The number of phosphoric ester groups is 2. The molecule has 0 bridgehead atoms. The van der Waals surface area contributed by atoms with Crippen molar-refractivity contribution in [1.82, 2.24) is 0 Å². The van der Waals surface area contributed by atoms with Crippen molar-refractivity contribution in [2.45, 2.75) is 367 Å². The first kappa shape index (κ1) is 84.1. The highest BCUT2D eigenvalue weighted by atomic mass is 31.2. The van der Waals surface area contributed by atoms with E-state index < -0.39 is 97.5 Å². The van der Waals surface area contributed by atoms with Crippen LogP contribution in [0.4, 0.5) is 0 Å². The molecule has 0 aromatic rings. The third-order valence-electron chi connectivity index (χ3n) is 15.6. The summed E-state index contributed by atoms with van der Waals surface area (Å²) in [5.41, 5.74) is 0. The van der Waals surface area contributed by atoms with Crippen LogP contribution in [0.1, 0.15) is 349 Å². The van der Waals surface area contributed by atoms with E-state index in [-0.39, 0.29) is 25.7 Å². The van der Waals surface area contributed by atoms with E-state index in [1.54, 1.807) is 0 Å². The van der Waals surface area contributed by atoms with Gasteiger partial charge in [0.1, 0.15) is 19.3 Å². The molecule has 19 heteroatoms. The molecule has 17 nitrogen and oxygen atoms in total. The van der Waals surface area contributed by atoms with Crippen LogP contribution in [0, 0.1) is 0 Å². The van der Waals surface area contributed by atoms with E-state index in [1.165, 1.54) is 167 Å². The number of aliphatic hydroxyl groups is 1. The highest BCUT2D eigenvalue weighted by molar-refractivity contribution is 7.47. The fourth-order valence-corrected chi connectivity index (χ4v) is 11.7. The zero-order valence-electron chi connectivity index (χ0n) is 55.3. The Kier molecular flexibility index (Phi) is 60.5. The molecular formula is C67H130O17P2. The molecule has 3 N–H and O–H groups in total. The van der Waals surface area contributed by atoms with Crippen molar-refractivity contribution in [3.63, 3.8) is 0 Å². The first-order valence-corrected chi connectivity index (χ1v) is 38.3. The molecule has 0 aromatic heterocycles. The lowest BCUT2D eigenvalue weighted by Crippen LogP contribution is -2.30. The van der Waals surface area contributed by atoms with Gasteiger partial charge in [0.15, 0.2) is 12.2 Å². The Labute approximate surface area is 524 Å². The van der Waals surface area contributed by atoms with E-state index in [9.17, 15) is 43.2 Å². The Morgan fingerprint density at radius 2 is 0.465 bits per heavy atom. The summed E-state index contributed by atoms with van der Waals surface area (Å²) in [6, 6.07) is 0. The fourth-order valence-electron chi connectivity index (χ4n) is 10.2. The fraction of sp³-hybridized carbons (Fsp3) is 0.940. The van der Waals surface area contributed by atoms with Crippen LogP contribution in [0.5, 0.6) is 0 Å². The summed E-state index contributed by atoms with van der Waals surface area (Å²) in [6.45, 7) is 4.85. The Morgan fingerprint density at radius 1 is 0.279 bits per heavy atom. The molecule has 0 radical (unpaired) electrons. The topological polar surface area (TPSA) is 237 Å². The van der Waals surface area contributed by atoms with Crippen LogP contribution in [0.15, 0.2) is 0 Å². The number of carbonyl (C=O) groups is 4. The van der Waals surface area contributed by atoms with Gasteiger partial charge in [0.25, 0.3) is 0 Å². The summed E-state index contributed by atoms with van der Waals surface area (Å²) >= 11 is 0. The van der Waals surface area contributed by atoms with Crippen LogP contribution in [0.2, 0.25) is 0 Å². The van der Waals surface area contributed by atoms with E-state index in [1.807, 2.05) is 0 Å². The number of carbonyl (C=O) groups excluding carboxylic acids is 4. The van der Waals surface area contributed by atoms with Crippen molar-refractivity contribution in [1.29, 1.82) is 0 Å². The van der Waals surface area contributed by atoms with Gasteiger partial charge in [-0.05, 0) is 25.7 Å². The van der Waals surface area contributed by atoms with Crippen molar-refractivity contribution in [3.8, 4) is 0 Å². The molecule has 0 heterocycles. The van der Waals surface area contributed by atoms with Crippen molar-refractivity contribution in [2.24, 2.45) is 0 Å². The maximum Gasteiger partial charge on any atom is 0.472 e. The summed E-state index contributed by atoms with van der Waals surface area (Å²) in [6.07, 6.45) is 48.8. The van der Waals surface area contributed by atoms with Crippen LogP contribution in [0.3, 0.4) is 0 Å². The lowest BCUT2D eigenvalue weighted by atomic mass is 10.0. The second-order valence-corrected chi connectivity index (χ2v) is 27.1. The van der Waals surface area contributed by atoms with Crippen LogP contribution in [-0.4, -0.2) is 96.7 Å². The average molecular weight is 1270 g/mol. The molecule has 0 aromatic carbocycles. The molecule has 86 heavy (non-hydrogen) atoms. The van der Waals surface area contributed by atoms with Crippen LogP contribution in [0.25, 0.3) is 0 Å². The number of hydrogen-bond acceptors (Lipinski definition) is 15. The molecule has 0 saturated heterocycles. The Hall–Kier alpha value is -1.94. The van der Waals surface area contributed by atoms with E-state index in [2.05, 4.69) is 27.7 Å². The molecule has 0 fully saturated rings. The average Bonchev–Trinajstić information content (AvgIpc) is 3.59. The second-order valence-electron chi connectivity index (χ2n) is 24.2. The molecule has 5 atom stereocenters. The maximum atomic E-state index is 13.0. The lowest BCUT2D eigenvalue weighted by molar-refractivity contribution is -0.161. The molecule has 0 spiro atoms. The molecular weight excluding hydrogens is 1140 g/mol. The zero-order chi connectivity index (χ0) is 63.3. The summed E-state index contributed by atoms with van der Waals surface area (Å²) in [5.74, 6) is -2.13. The van der Waals surface area contributed by atoms with Gasteiger partial charge < -0.3 is 33.8 Å². The minimum atomic E-state index is -4.94. The van der Waals surface area contributed by atoms with Crippen LogP contribution in [-0.2, 0) is 65.4 Å². The van der Waals surface area contributed by atoms with Gasteiger partial charge >= 0.3 is 39.5 Å². The Morgan fingerprint density at radius 3 is 0.686 bits per heavy atom. The van der Waals surface area contributed by atoms with Crippen LogP contribution < -0.4 is 0 Å². The first-order valence-electron chi connectivity index (χ1n) is 35.3. The van der Waals surface area contributed by atoms with Gasteiger partial charge in [0, 0.05) is 25.7 Å². The number of phosphoric acid groups is 2. The van der Waals surface area contributed by atoms with Crippen molar-refractivity contribution in [2.75, 3.05) is 39.6 Å². The van der Waals surface area contributed by atoms with Gasteiger partial charge in [-0.25, -0.2) is 9.13 Å². The smallest absolute Gasteiger partial charge is 0.462 e. The molecule has 2 unspecified atom stereocenters. The predicted octanol–water partition coefficient (Wildman–Crippen LogP) is 19.1. The lowest BCUT2D eigenvalue weighted by Gasteiger charge is -2.21. The quantitative estimate of drug-likeness (QED) is 0.0222. The highest BCUT2D eigenvalue weighted by Crippen LogP contribution is 2.45. The van der Waals surface area contributed by atoms with Crippen molar-refractivity contribution < 1.29 is 80.2 Å². The van der Waals surface area contributed by atoms with Gasteiger partial charge in [0.05, 0.1) is 26.4 Å². The van der Waals surface area contributed by atoms with Gasteiger partial charge in [-0.1, -0.05) is 297 Å². The normalized spacial score (nSPS) is 14.1. The third kappa shape index (κ3) is 60.9. The van der Waals surface area contributed by atoms with Gasteiger partial charge in [-0.2, -0.15) is 0 Å². The molecule has 0 aliphatic heterocycles. The first-order chi connectivity index (χ1) is 41.7. The minimum Gasteiger partial charge on any atom is -0.462 e. The number of aliphatic hydroxyl groups excluding tert-OH is 1. The zero-order valence-corrected chi connectivity index (χ0v) is 57.1. The number of esters is 4. The molecule has 0 aliphatic carbocycles. The van der Waals surface area contributed by atoms with Gasteiger partial charge in [-0.3, -0.25) is 37.3 Å². The maximum absolute atomic E-state index is 13.0. The molecule has 0 aliphatic rings. The molecule has 0 amide bonds. The third-order valence-corrected chi connectivity index (χ3v) is 17.5. The SMILES string of the molecule is CCCCCCCCCCCCCCCCCCCCCCC(=O)O[C@H](COC(=O)CCCCCCCCCCCC)COP(=O)(O)OC[C@@H](O)COP(=O)(O)OC[C@@H](COC(=O)CCCCCCCCCC)OC(=O)CCCCCCCCCC. The van der Waals surface area contributed by atoms with Crippen LogP contribution >= 0.6 is 15.6 Å². The molecule has 0 saturated carbocycles. The summed E-state index contributed by atoms with van der Waals surface area (Å²) < 4.78 is 68.0. The largest absolute Gasteiger partial charge is 0.472 e. The summed E-state index contributed by atoms with van der Waals surface area (Å²) in [4.78, 5) is 72.1. The number of ether oxygens (including phenoxy) is 4. The van der Waals surface area contributed by atoms with Gasteiger partial charge in [-0.15, -0.1) is 0 Å². The van der Waals surface area contributed by atoms with E-state index in [0.717, 1.165) is 103 Å². The van der Waals surface area contributed by atoms with E-state index in [4.69, 9.17) is 37.0 Å². The summed E-state index contributed by atoms with van der Waals surface area (Å²) in [7, 11) is -9.88. The minimum absolute atomic E-state index is 0.105. The molecule has 510 valence electrons. The van der Waals surface area contributed by atoms with E-state index >= 15 is 0 Å². The standard InChI is InChI=1S/C67H130O17P2/c1-5-9-13-17-21-25-27-28-29-30-31-32-33-34-35-36-38-42-46-50-54-67(72)84-63(58-78-65(70)52-48-44-41-37-26-22-18-14-10-6-2)60-82-86(75,76)80-56-61(68)55-79-85(73,74)81-59-62(83-66(71)53-49-45-40-24-20-16-12-8-4)57-77-64(69)51-47-43-39-23-19-15-11-7-3/h61-63,68H,5-60H2,1-4H3,(H,73,74)(H,75,76)/t61-,62+,63+/m0/s1. The van der Waals surface area contributed by atoms with E-state index in [0.29, 0.717) is 25.7 Å². The number of hydrogen-bond donors (Lipinski definition) is 3. The number of rotatable bonds is 68. The van der Waals surface area contributed by atoms with Crippen molar-refractivity contribution >= 4 is 39.5 Å². The Bertz CT molecular complexity index is 1650. The summed E-state index contributed by atoms with van der Waals surface area (Å²) in [5, 5.41) is 10.5. The highest BCUT2D eigenvalue weighted by Gasteiger charge is 2.30. The number of unbranched alkanes of at least 4 members (excludes halogenated alkanes) is 42. The van der Waals surface area contributed by atoms with Gasteiger partial charge in [0.2, 0.25) is 0 Å². The predicted molar refractivity (Wildman–Crippen MR) is 345 cm³/mol.